The van der Waals surface area contributed by atoms with E-state index in [-0.39, 0.29) is 35.2 Å². The van der Waals surface area contributed by atoms with Crippen molar-refractivity contribution >= 4 is 34.6 Å². The lowest BCUT2D eigenvalue weighted by Gasteiger charge is -2.10. The Hall–Kier alpha value is -4.50. The van der Waals surface area contributed by atoms with Crippen molar-refractivity contribution in [3.8, 4) is 16.9 Å². The van der Waals surface area contributed by atoms with Crippen LogP contribution in [-0.2, 0) is 17.8 Å². The van der Waals surface area contributed by atoms with E-state index in [0.717, 1.165) is 17.5 Å². The number of guanidine groups is 2. The minimum absolute atomic E-state index is 0.00276. The van der Waals surface area contributed by atoms with Crippen LogP contribution in [0.25, 0.3) is 28.0 Å². The molecule has 1 atom stereocenters. The predicted octanol–water partition coefficient (Wildman–Crippen LogP) is 1.89. The van der Waals surface area contributed by atoms with Crippen LogP contribution in [0.5, 0.6) is 0 Å². The van der Waals surface area contributed by atoms with Gasteiger partial charge < -0.3 is 43.5 Å². The molecule has 15 heteroatoms. The number of rotatable bonds is 13. The highest BCUT2D eigenvalue weighted by Crippen LogP contribution is 2.31. The van der Waals surface area contributed by atoms with Gasteiger partial charge in [-0.25, -0.2) is 9.18 Å². The molecule has 2 aromatic carbocycles. The van der Waals surface area contributed by atoms with Crippen LogP contribution in [0, 0.1) is 5.82 Å². The number of aryl methyl sites for hydroxylation is 1. The topological polar surface area (TPSA) is 235 Å². The number of aromatic amines is 1. The number of aromatic nitrogens is 3. The third-order valence-electron chi connectivity index (χ3n) is 6.64. The Kier molecular flexibility index (Phi) is 13.3. The van der Waals surface area contributed by atoms with Crippen LogP contribution in [0.3, 0.4) is 0 Å². The number of nitrogens with two attached hydrogens (primary N) is 5. The van der Waals surface area contributed by atoms with Crippen LogP contribution >= 0.6 is 11.6 Å². The second kappa shape index (κ2) is 17.1. The van der Waals surface area contributed by atoms with Gasteiger partial charge >= 0.3 is 5.69 Å². The fourth-order valence-electron chi connectivity index (χ4n) is 4.29. The number of aliphatic imine (C=N–C) groups is 2. The Morgan fingerprint density at radius 1 is 1.11 bits per heavy atom. The molecule has 0 amide bonds. The molecule has 2 heterocycles. The van der Waals surface area contributed by atoms with Crippen LogP contribution in [0.4, 0.5) is 4.39 Å². The Morgan fingerprint density at radius 2 is 1.82 bits per heavy atom. The van der Waals surface area contributed by atoms with Crippen molar-refractivity contribution in [2.75, 3.05) is 26.8 Å². The number of benzene rings is 2. The molecule has 0 saturated heterocycles. The summed E-state index contributed by atoms with van der Waals surface area (Å²) in [5.74, 6) is -0.370. The Morgan fingerprint density at radius 3 is 2.47 bits per heavy atom. The number of nitrogens with one attached hydrogen (secondary N) is 1. The molecule has 0 radical (unpaired) electrons. The summed E-state index contributed by atoms with van der Waals surface area (Å²) >= 11 is 6.20. The number of halogens is 2. The number of H-pyrrole nitrogens is 1. The third kappa shape index (κ3) is 10.6. The lowest BCUT2D eigenvalue weighted by atomic mass is 10.0. The summed E-state index contributed by atoms with van der Waals surface area (Å²) in [5, 5.41) is 9.76. The summed E-state index contributed by atoms with van der Waals surface area (Å²) in [4.78, 5) is 27.3. The third-order valence-corrected chi connectivity index (χ3v) is 6.92. The van der Waals surface area contributed by atoms with E-state index >= 15 is 4.39 Å². The molecule has 0 aliphatic carbocycles. The maximum atomic E-state index is 15.0. The van der Waals surface area contributed by atoms with Gasteiger partial charge in [-0.3, -0.25) is 14.6 Å². The van der Waals surface area contributed by atoms with E-state index < -0.39 is 11.5 Å². The van der Waals surface area contributed by atoms with Crippen LogP contribution in [0.2, 0.25) is 5.02 Å². The van der Waals surface area contributed by atoms with Crippen molar-refractivity contribution < 1.29 is 14.2 Å². The van der Waals surface area contributed by atoms with Gasteiger partial charge in [0.25, 0.3) is 0 Å². The molecule has 0 fully saturated rings. The average molecular weight is 643 g/mol. The zero-order valence-corrected chi connectivity index (χ0v) is 25.8. The number of hydrogen-bond acceptors (Lipinski definition) is 7. The smallest absolute Gasteiger partial charge is 0.354 e. The second-order valence-electron chi connectivity index (χ2n) is 10.2. The molecule has 4 rings (SSSR count). The monoisotopic (exact) mass is 642 g/mol. The predicted molar refractivity (Wildman–Crippen MR) is 177 cm³/mol. The van der Waals surface area contributed by atoms with Crippen LogP contribution in [0.15, 0.2) is 63.4 Å². The van der Waals surface area contributed by atoms with Gasteiger partial charge in [0.1, 0.15) is 5.65 Å². The molecular formula is C30H40ClFN10O3. The van der Waals surface area contributed by atoms with Crippen LogP contribution in [-0.4, -0.2) is 64.4 Å². The van der Waals surface area contributed by atoms with Crippen molar-refractivity contribution in [1.82, 2.24) is 14.5 Å². The molecule has 0 aliphatic heterocycles. The summed E-state index contributed by atoms with van der Waals surface area (Å²) in [7, 11) is 1.54. The highest BCUT2D eigenvalue weighted by molar-refractivity contribution is 6.31. The molecule has 4 aromatic rings. The van der Waals surface area contributed by atoms with Gasteiger partial charge in [0.05, 0.1) is 29.6 Å². The van der Waals surface area contributed by atoms with Crippen molar-refractivity contribution in [3.05, 3.63) is 81.1 Å². The van der Waals surface area contributed by atoms with Crippen molar-refractivity contribution in [1.29, 1.82) is 0 Å². The van der Waals surface area contributed by atoms with E-state index in [9.17, 15) is 4.79 Å². The molecule has 13 nitrogen and oxygen atoms in total. The second-order valence-corrected chi connectivity index (χ2v) is 10.6. The summed E-state index contributed by atoms with van der Waals surface area (Å²) < 4.78 is 22.1. The number of hydrogen-bond donors (Lipinski definition) is 7. The van der Waals surface area contributed by atoms with Gasteiger partial charge in [-0.15, -0.1) is 0 Å². The van der Waals surface area contributed by atoms with Gasteiger partial charge in [-0.2, -0.15) is 4.98 Å². The zero-order valence-electron chi connectivity index (χ0n) is 25.0. The minimum atomic E-state index is -0.562. The zero-order chi connectivity index (χ0) is 32.9. The molecule has 12 N–H and O–H groups in total. The first-order valence-electron chi connectivity index (χ1n) is 14.2. The minimum Gasteiger partial charge on any atom is -0.395 e. The van der Waals surface area contributed by atoms with E-state index in [1.807, 2.05) is 24.3 Å². The summed E-state index contributed by atoms with van der Waals surface area (Å²) in [6.45, 7) is 1.35. The first-order valence-corrected chi connectivity index (χ1v) is 14.6. The van der Waals surface area contributed by atoms with E-state index in [1.54, 1.807) is 24.4 Å². The van der Waals surface area contributed by atoms with Gasteiger partial charge in [-0.05, 0) is 67.1 Å². The van der Waals surface area contributed by atoms with Crippen molar-refractivity contribution in [3.63, 3.8) is 0 Å². The first kappa shape index (κ1) is 35.0. The normalized spacial score (nSPS) is 11.5. The quantitative estimate of drug-likeness (QED) is 0.0639. The molecule has 0 saturated carbocycles. The Labute approximate surface area is 264 Å². The molecule has 0 aliphatic rings. The van der Waals surface area contributed by atoms with E-state index in [0.29, 0.717) is 61.4 Å². The van der Waals surface area contributed by atoms with Crippen molar-refractivity contribution in [2.24, 2.45) is 38.7 Å². The van der Waals surface area contributed by atoms with Gasteiger partial charge in [0.2, 0.25) is 0 Å². The molecule has 242 valence electrons. The molecule has 0 bridgehead atoms. The lowest BCUT2D eigenvalue weighted by Crippen LogP contribution is -2.24. The highest BCUT2D eigenvalue weighted by Gasteiger charge is 2.16. The molecule has 1 unspecified atom stereocenters. The maximum absolute atomic E-state index is 15.0. The fourth-order valence-corrected chi connectivity index (χ4v) is 4.53. The molecule has 0 spiro atoms. The standard InChI is InChI=1S/C28H33ClFN7O3.C2H7N3/c29-23-12-18(3-1-4-20(31)15-38)11-22(25(23)30)24-13-19-14-37(28(39)36-26(19)35-24)21-7-5-17(6-8-21)16-40-10-2-9-34-27(32)33;1-5-2(3)4/h5-8,11-14,20,38H,1-4,9-10,15-16,31H2,(H4,32,33,34)(H,35,36,39);1H3,(H4,3,4,5). The SMILES string of the molecule is CN=C(N)N.NC(N)=NCCCOCc1ccc(-n2cc3cc(-c4cc(CCCC(N)CO)cc(Cl)c4F)[nH]c3nc2=O)cc1. The first-order chi connectivity index (χ1) is 21.5. The van der Waals surface area contributed by atoms with E-state index in [2.05, 4.69) is 20.0 Å². The summed E-state index contributed by atoms with van der Waals surface area (Å²) in [6, 6.07) is 12.1. The molecular weight excluding hydrogens is 603 g/mol. The number of aliphatic hydroxyl groups is 1. The number of aliphatic hydroxyl groups excluding tert-OH is 1. The van der Waals surface area contributed by atoms with Gasteiger partial charge in [0.15, 0.2) is 17.7 Å². The van der Waals surface area contributed by atoms with Gasteiger partial charge in [0, 0.05) is 43.4 Å². The fraction of sp³-hybridized carbons (Fsp3) is 0.333. The average Bonchev–Trinajstić information content (AvgIpc) is 3.43. The summed E-state index contributed by atoms with van der Waals surface area (Å²) in [5.41, 5.74) is 29.1. The lowest BCUT2D eigenvalue weighted by molar-refractivity contribution is 0.120. The van der Waals surface area contributed by atoms with Crippen LogP contribution in [0.1, 0.15) is 30.4 Å². The Balaban J connectivity index is 0.00000102. The largest absolute Gasteiger partial charge is 0.395 e. The highest BCUT2D eigenvalue weighted by atomic mass is 35.5. The van der Waals surface area contributed by atoms with Crippen LogP contribution < -0.4 is 34.4 Å². The Bertz CT molecular complexity index is 1660. The molecule has 2 aromatic heterocycles. The molecule has 45 heavy (non-hydrogen) atoms. The van der Waals surface area contributed by atoms with Crippen molar-refractivity contribution in [2.45, 2.75) is 38.3 Å². The summed E-state index contributed by atoms with van der Waals surface area (Å²) in [6.07, 6.45) is 4.36. The number of ether oxygens (including phenoxy) is 1. The number of nitrogens with zero attached hydrogens (tertiary/aromatic N) is 4. The van der Waals surface area contributed by atoms with E-state index in [1.165, 1.54) is 11.6 Å². The van der Waals surface area contributed by atoms with Gasteiger partial charge in [-0.1, -0.05) is 23.7 Å². The number of fused-ring (bicyclic) bond motifs is 1. The van der Waals surface area contributed by atoms with E-state index in [4.69, 9.17) is 50.1 Å². The maximum Gasteiger partial charge on any atom is 0.354 e.